The molecule has 22 heavy (non-hydrogen) atoms. The summed E-state index contributed by atoms with van der Waals surface area (Å²) in [7, 11) is 0. The molecule has 0 bridgehead atoms. The molecule has 2 aromatic heterocycles. The van der Waals surface area contributed by atoms with Crippen molar-refractivity contribution in [3.05, 3.63) is 46.5 Å². The number of amides is 2. The fourth-order valence-electron chi connectivity index (χ4n) is 2.83. The highest BCUT2D eigenvalue weighted by atomic mass is 32.1. The van der Waals surface area contributed by atoms with Crippen LogP contribution in [-0.4, -0.2) is 29.3 Å². The number of likely N-dealkylation sites (tertiary alicyclic amines) is 1. The first-order chi connectivity index (χ1) is 10.7. The molecule has 2 atom stereocenters. The number of carbonyl (C=O) groups excluding carboxylic acids is 2. The van der Waals surface area contributed by atoms with Crippen molar-refractivity contribution in [2.24, 2.45) is 0 Å². The Hall–Kier alpha value is -2.08. The quantitative estimate of drug-likeness (QED) is 0.943. The number of nitrogens with one attached hydrogen (secondary N) is 1. The summed E-state index contributed by atoms with van der Waals surface area (Å²) in [4.78, 5) is 26.5. The number of hydrogen-bond acceptors (Lipinski definition) is 4. The molecular weight excluding hydrogens is 300 g/mol. The monoisotopic (exact) mass is 318 g/mol. The van der Waals surface area contributed by atoms with Crippen molar-refractivity contribution in [2.75, 3.05) is 6.54 Å². The van der Waals surface area contributed by atoms with Crippen LogP contribution in [0.25, 0.3) is 0 Å². The third kappa shape index (κ3) is 2.92. The van der Waals surface area contributed by atoms with E-state index >= 15 is 0 Å². The number of thiophene rings is 1. The Labute approximate surface area is 132 Å². The highest BCUT2D eigenvalue weighted by Gasteiger charge is 2.33. The van der Waals surface area contributed by atoms with E-state index in [-0.39, 0.29) is 23.6 Å². The Morgan fingerprint density at radius 1 is 1.45 bits per heavy atom. The lowest BCUT2D eigenvalue weighted by Gasteiger charge is -2.27. The van der Waals surface area contributed by atoms with Gasteiger partial charge in [0.2, 0.25) is 5.91 Å². The minimum Gasteiger partial charge on any atom is -0.459 e. The smallest absolute Gasteiger partial charge is 0.287 e. The molecule has 3 heterocycles. The molecule has 1 N–H and O–H groups in total. The standard InChI is InChI=1S/C16H18N2O3S/c1-11(17-15(19)14-5-3-8-21-14)16(20)18-7-2-4-13(18)12-6-9-22-10-12/h3,5-6,8-11,13H,2,4,7H2,1H3,(H,17,19)/t11-,13+/m0/s1. The van der Waals surface area contributed by atoms with Crippen LogP contribution in [0.5, 0.6) is 0 Å². The molecule has 5 nitrogen and oxygen atoms in total. The Kier molecular flexibility index (Phi) is 4.29. The molecule has 1 aliphatic rings. The summed E-state index contributed by atoms with van der Waals surface area (Å²) in [6, 6.07) is 4.84. The Morgan fingerprint density at radius 2 is 2.32 bits per heavy atom. The van der Waals surface area contributed by atoms with Crippen molar-refractivity contribution in [3.8, 4) is 0 Å². The molecule has 1 aliphatic heterocycles. The maximum Gasteiger partial charge on any atom is 0.287 e. The van der Waals surface area contributed by atoms with Gasteiger partial charge in [-0.15, -0.1) is 0 Å². The van der Waals surface area contributed by atoms with E-state index in [1.807, 2.05) is 10.3 Å². The highest BCUT2D eigenvalue weighted by Crippen LogP contribution is 2.33. The summed E-state index contributed by atoms with van der Waals surface area (Å²) in [5, 5.41) is 6.82. The first-order valence-corrected chi connectivity index (χ1v) is 8.28. The summed E-state index contributed by atoms with van der Waals surface area (Å²) in [6.45, 7) is 2.45. The van der Waals surface area contributed by atoms with E-state index in [9.17, 15) is 9.59 Å². The third-order valence-electron chi connectivity index (χ3n) is 3.93. The van der Waals surface area contributed by atoms with Gasteiger partial charge >= 0.3 is 0 Å². The van der Waals surface area contributed by atoms with Gasteiger partial charge < -0.3 is 14.6 Å². The summed E-state index contributed by atoms with van der Waals surface area (Å²) < 4.78 is 5.05. The summed E-state index contributed by atoms with van der Waals surface area (Å²) in [6.07, 6.45) is 3.40. The van der Waals surface area contributed by atoms with Crippen molar-refractivity contribution < 1.29 is 14.0 Å². The number of rotatable bonds is 4. The van der Waals surface area contributed by atoms with Crippen LogP contribution >= 0.6 is 11.3 Å². The largest absolute Gasteiger partial charge is 0.459 e. The van der Waals surface area contributed by atoms with Crippen molar-refractivity contribution in [1.29, 1.82) is 0 Å². The lowest BCUT2D eigenvalue weighted by Crippen LogP contribution is -2.46. The molecule has 116 valence electrons. The summed E-state index contributed by atoms with van der Waals surface area (Å²) >= 11 is 1.64. The van der Waals surface area contributed by atoms with Crippen molar-refractivity contribution in [2.45, 2.75) is 31.8 Å². The zero-order valence-corrected chi connectivity index (χ0v) is 13.1. The van der Waals surface area contributed by atoms with E-state index in [2.05, 4.69) is 16.8 Å². The Morgan fingerprint density at radius 3 is 3.00 bits per heavy atom. The lowest BCUT2D eigenvalue weighted by atomic mass is 10.1. The first-order valence-electron chi connectivity index (χ1n) is 7.34. The zero-order chi connectivity index (χ0) is 15.5. The molecule has 2 aromatic rings. The third-order valence-corrected chi connectivity index (χ3v) is 4.63. The van der Waals surface area contributed by atoms with E-state index in [1.165, 1.54) is 11.8 Å². The second kappa shape index (κ2) is 6.36. The van der Waals surface area contributed by atoms with E-state index in [1.54, 1.807) is 30.4 Å². The second-order valence-electron chi connectivity index (χ2n) is 5.42. The lowest BCUT2D eigenvalue weighted by molar-refractivity contribution is -0.133. The summed E-state index contributed by atoms with van der Waals surface area (Å²) in [5.74, 6) is -0.193. The molecule has 0 spiro atoms. The van der Waals surface area contributed by atoms with Gasteiger partial charge in [-0.05, 0) is 54.3 Å². The van der Waals surface area contributed by atoms with Crippen molar-refractivity contribution in [1.82, 2.24) is 10.2 Å². The number of carbonyl (C=O) groups is 2. The minimum absolute atomic E-state index is 0.0476. The Bertz CT molecular complexity index is 636. The number of hydrogen-bond donors (Lipinski definition) is 1. The fraction of sp³-hybridized carbons (Fsp3) is 0.375. The molecule has 0 unspecified atom stereocenters. The van der Waals surface area contributed by atoms with Crippen LogP contribution < -0.4 is 5.32 Å². The normalized spacial score (nSPS) is 19.1. The van der Waals surface area contributed by atoms with Crippen LogP contribution in [0, 0.1) is 0 Å². The van der Waals surface area contributed by atoms with Gasteiger partial charge in [0.1, 0.15) is 6.04 Å². The van der Waals surface area contributed by atoms with E-state index in [4.69, 9.17) is 4.42 Å². The number of nitrogens with zero attached hydrogens (tertiary/aromatic N) is 1. The molecule has 6 heteroatoms. The van der Waals surface area contributed by atoms with Crippen molar-refractivity contribution in [3.63, 3.8) is 0 Å². The van der Waals surface area contributed by atoms with Crippen molar-refractivity contribution >= 4 is 23.2 Å². The van der Waals surface area contributed by atoms with Gasteiger partial charge in [0, 0.05) is 6.54 Å². The van der Waals surface area contributed by atoms with Gasteiger partial charge in [-0.1, -0.05) is 0 Å². The van der Waals surface area contributed by atoms with Crippen LogP contribution in [-0.2, 0) is 4.79 Å². The molecule has 2 amide bonds. The summed E-state index contributed by atoms with van der Waals surface area (Å²) in [5.41, 5.74) is 1.18. The molecule has 0 aromatic carbocycles. The predicted octanol–water partition coefficient (Wildman–Crippen LogP) is 2.82. The average Bonchev–Trinajstić information content (AvgIpc) is 3.26. The molecule has 3 rings (SSSR count). The predicted molar refractivity (Wildman–Crippen MR) is 83.6 cm³/mol. The van der Waals surface area contributed by atoms with Gasteiger partial charge in [-0.3, -0.25) is 9.59 Å². The molecule has 0 radical (unpaired) electrons. The van der Waals surface area contributed by atoms with E-state index < -0.39 is 6.04 Å². The van der Waals surface area contributed by atoms with Gasteiger partial charge in [-0.25, -0.2) is 0 Å². The Balaban J connectivity index is 1.66. The van der Waals surface area contributed by atoms with E-state index in [0.717, 1.165) is 19.4 Å². The SMILES string of the molecule is C[C@H](NC(=O)c1ccco1)C(=O)N1CCC[C@@H]1c1ccsc1. The zero-order valence-electron chi connectivity index (χ0n) is 12.3. The van der Waals surface area contributed by atoms with Crippen LogP contribution in [0.4, 0.5) is 0 Å². The van der Waals surface area contributed by atoms with E-state index in [0.29, 0.717) is 0 Å². The van der Waals surface area contributed by atoms with Crippen LogP contribution in [0.1, 0.15) is 41.9 Å². The van der Waals surface area contributed by atoms with Crippen LogP contribution in [0.3, 0.4) is 0 Å². The van der Waals surface area contributed by atoms with Gasteiger partial charge in [0.05, 0.1) is 12.3 Å². The van der Waals surface area contributed by atoms with Gasteiger partial charge in [-0.2, -0.15) is 11.3 Å². The minimum atomic E-state index is -0.572. The highest BCUT2D eigenvalue weighted by molar-refractivity contribution is 7.07. The molecule has 0 aliphatic carbocycles. The number of furan rings is 1. The van der Waals surface area contributed by atoms with Gasteiger partial charge in [0.25, 0.3) is 5.91 Å². The topological polar surface area (TPSA) is 62.6 Å². The maximum absolute atomic E-state index is 12.6. The second-order valence-corrected chi connectivity index (χ2v) is 6.20. The average molecular weight is 318 g/mol. The van der Waals surface area contributed by atoms with Crippen LogP contribution in [0.15, 0.2) is 39.6 Å². The molecule has 1 fully saturated rings. The fourth-order valence-corrected chi connectivity index (χ4v) is 3.53. The molecular formula is C16H18N2O3S. The first kappa shape index (κ1) is 14.8. The van der Waals surface area contributed by atoms with Gasteiger partial charge in [0.15, 0.2) is 5.76 Å². The van der Waals surface area contributed by atoms with Crippen LogP contribution in [0.2, 0.25) is 0 Å². The molecule has 0 saturated carbocycles. The molecule has 1 saturated heterocycles. The maximum atomic E-state index is 12.6.